The van der Waals surface area contributed by atoms with E-state index in [-0.39, 0.29) is 23.8 Å². The van der Waals surface area contributed by atoms with Crippen LogP contribution in [0.1, 0.15) is 18.4 Å². The molecule has 0 radical (unpaired) electrons. The molecule has 2 fully saturated rings. The summed E-state index contributed by atoms with van der Waals surface area (Å²) in [5.41, 5.74) is 0.998. The molecule has 3 rings (SSSR count). The minimum Gasteiger partial charge on any atom is -0.305 e. The summed E-state index contributed by atoms with van der Waals surface area (Å²) in [5, 5.41) is 3.16. The smallest absolute Gasteiger partial charge is 0.247 e. The highest BCUT2D eigenvalue weighted by atomic mass is 16.2. The van der Waals surface area contributed by atoms with Gasteiger partial charge in [-0.25, -0.2) is 0 Å². The molecular weight excluding hydrogens is 228 g/mol. The van der Waals surface area contributed by atoms with E-state index in [2.05, 4.69) is 5.32 Å². The second-order valence-electron chi connectivity index (χ2n) is 4.93. The van der Waals surface area contributed by atoms with E-state index in [0.29, 0.717) is 6.54 Å². The SMILES string of the molecule is O=C1[C@H]2CCCN[C@H]2C(=O)N1Cc1ccccc1. The minimum atomic E-state index is -0.282. The van der Waals surface area contributed by atoms with Crippen LogP contribution in [0.4, 0.5) is 0 Å². The number of carbonyl (C=O) groups is 2. The van der Waals surface area contributed by atoms with E-state index in [4.69, 9.17) is 0 Å². The molecule has 0 bridgehead atoms. The van der Waals surface area contributed by atoms with E-state index in [9.17, 15) is 9.59 Å². The number of nitrogens with one attached hydrogen (secondary N) is 1. The summed E-state index contributed by atoms with van der Waals surface area (Å²) >= 11 is 0. The Balaban J connectivity index is 1.80. The van der Waals surface area contributed by atoms with E-state index < -0.39 is 0 Å². The third-order valence-electron chi connectivity index (χ3n) is 3.76. The molecule has 1 N–H and O–H groups in total. The zero-order valence-corrected chi connectivity index (χ0v) is 10.1. The average molecular weight is 244 g/mol. The third-order valence-corrected chi connectivity index (χ3v) is 3.76. The zero-order chi connectivity index (χ0) is 12.5. The summed E-state index contributed by atoms with van der Waals surface area (Å²) in [4.78, 5) is 25.8. The molecule has 0 aliphatic carbocycles. The van der Waals surface area contributed by atoms with Gasteiger partial charge in [0.1, 0.15) is 0 Å². The van der Waals surface area contributed by atoms with Crippen molar-refractivity contribution in [3.63, 3.8) is 0 Å². The fourth-order valence-corrected chi connectivity index (χ4v) is 2.81. The van der Waals surface area contributed by atoms with Crippen LogP contribution < -0.4 is 5.32 Å². The Morgan fingerprint density at radius 2 is 1.94 bits per heavy atom. The Hall–Kier alpha value is -1.68. The fourth-order valence-electron chi connectivity index (χ4n) is 2.81. The maximum atomic E-state index is 12.2. The van der Waals surface area contributed by atoms with Crippen molar-refractivity contribution < 1.29 is 9.59 Å². The summed E-state index contributed by atoms with van der Waals surface area (Å²) in [7, 11) is 0. The summed E-state index contributed by atoms with van der Waals surface area (Å²) < 4.78 is 0. The van der Waals surface area contributed by atoms with Crippen molar-refractivity contribution >= 4 is 11.8 Å². The average Bonchev–Trinajstić information content (AvgIpc) is 2.66. The van der Waals surface area contributed by atoms with Gasteiger partial charge in [-0.3, -0.25) is 14.5 Å². The number of hydrogen-bond donors (Lipinski definition) is 1. The van der Waals surface area contributed by atoms with Crippen molar-refractivity contribution in [3.05, 3.63) is 35.9 Å². The standard InChI is InChI=1S/C14H16N2O2/c17-13-11-7-4-8-15-12(11)14(18)16(13)9-10-5-2-1-3-6-10/h1-3,5-6,11-12,15H,4,7-9H2/t11-,12+/m0/s1. The van der Waals surface area contributed by atoms with E-state index in [0.717, 1.165) is 24.9 Å². The molecule has 4 nitrogen and oxygen atoms in total. The van der Waals surface area contributed by atoms with E-state index >= 15 is 0 Å². The Morgan fingerprint density at radius 1 is 1.17 bits per heavy atom. The van der Waals surface area contributed by atoms with Crippen LogP contribution in [0.5, 0.6) is 0 Å². The van der Waals surface area contributed by atoms with Crippen molar-refractivity contribution in [2.45, 2.75) is 25.4 Å². The number of rotatable bonds is 2. The van der Waals surface area contributed by atoms with E-state index in [1.165, 1.54) is 4.90 Å². The quantitative estimate of drug-likeness (QED) is 0.787. The molecule has 2 amide bonds. The predicted molar refractivity (Wildman–Crippen MR) is 66.5 cm³/mol. The molecular formula is C14H16N2O2. The van der Waals surface area contributed by atoms with Crippen molar-refractivity contribution in [2.75, 3.05) is 6.54 Å². The molecule has 1 aromatic carbocycles. The summed E-state index contributed by atoms with van der Waals surface area (Å²) in [6.07, 6.45) is 1.80. The van der Waals surface area contributed by atoms with Crippen LogP contribution in [0.3, 0.4) is 0 Å². The normalized spacial score (nSPS) is 27.4. The van der Waals surface area contributed by atoms with Crippen molar-refractivity contribution in [3.8, 4) is 0 Å². The lowest BCUT2D eigenvalue weighted by Gasteiger charge is -2.21. The van der Waals surface area contributed by atoms with Gasteiger partial charge in [-0.1, -0.05) is 30.3 Å². The first-order valence-electron chi connectivity index (χ1n) is 6.40. The lowest BCUT2D eigenvalue weighted by molar-refractivity contribution is -0.140. The molecule has 4 heteroatoms. The maximum Gasteiger partial charge on any atom is 0.247 e. The lowest BCUT2D eigenvalue weighted by atomic mass is 9.93. The van der Waals surface area contributed by atoms with Gasteiger partial charge in [0, 0.05) is 0 Å². The maximum absolute atomic E-state index is 12.2. The number of carbonyl (C=O) groups excluding carboxylic acids is 2. The molecule has 0 aromatic heterocycles. The first kappa shape index (κ1) is 11.4. The van der Waals surface area contributed by atoms with Gasteiger partial charge in [0.25, 0.3) is 0 Å². The van der Waals surface area contributed by atoms with Crippen LogP contribution in [0.25, 0.3) is 0 Å². The highest BCUT2D eigenvalue weighted by molar-refractivity contribution is 6.07. The molecule has 0 saturated carbocycles. The van der Waals surface area contributed by atoms with Crippen molar-refractivity contribution in [2.24, 2.45) is 5.92 Å². The minimum absolute atomic E-state index is 0.0129. The van der Waals surface area contributed by atoms with Crippen LogP contribution in [0.2, 0.25) is 0 Å². The van der Waals surface area contributed by atoms with Crippen LogP contribution in [0.15, 0.2) is 30.3 Å². The number of piperidine rings is 1. The number of hydrogen-bond acceptors (Lipinski definition) is 3. The first-order valence-corrected chi connectivity index (χ1v) is 6.40. The summed E-state index contributed by atoms with van der Waals surface area (Å²) in [5.74, 6) is -0.218. The molecule has 18 heavy (non-hydrogen) atoms. The molecule has 2 heterocycles. The Labute approximate surface area is 106 Å². The van der Waals surface area contributed by atoms with Crippen molar-refractivity contribution in [1.82, 2.24) is 10.2 Å². The second kappa shape index (κ2) is 4.53. The van der Waals surface area contributed by atoms with Crippen LogP contribution in [-0.2, 0) is 16.1 Å². The molecule has 0 unspecified atom stereocenters. The number of benzene rings is 1. The summed E-state index contributed by atoms with van der Waals surface area (Å²) in [6.45, 7) is 1.23. The number of imide groups is 1. The Morgan fingerprint density at radius 3 is 2.67 bits per heavy atom. The number of amides is 2. The molecule has 2 saturated heterocycles. The van der Waals surface area contributed by atoms with Gasteiger partial charge < -0.3 is 5.32 Å². The van der Waals surface area contributed by atoms with Gasteiger partial charge >= 0.3 is 0 Å². The molecule has 1 aromatic rings. The van der Waals surface area contributed by atoms with Crippen LogP contribution in [0, 0.1) is 5.92 Å². The van der Waals surface area contributed by atoms with E-state index in [1.54, 1.807) is 0 Å². The zero-order valence-electron chi connectivity index (χ0n) is 10.1. The molecule has 2 atom stereocenters. The summed E-state index contributed by atoms with van der Waals surface area (Å²) in [6, 6.07) is 9.37. The Bertz CT molecular complexity index is 448. The molecule has 2 aliphatic rings. The number of likely N-dealkylation sites (tertiary alicyclic amines) is 1. The van der Waals surface area contributed by atoms with Gasteiger partial charge in [0.05, 0.1) is 18.5 Å². The fraction of sp³-hybridized carbons (Fsp3) is 0.429. The first-order chi connectivity index (χ1) is 8.77. The lowest BCUT2D eigenvalue weighted by Crippen LogP contribution is -2.44. The van der Waals surface area contributed by atoms with Gasteiger partial charge in [0.15, 0.2) is 0 Å². The topological polar surface area (TPSA) is 49.4 Å². The van der Waals surface area contributed by atoms with Gasteiger partial charge in [-0.15, -0.1) is 0 Å². The monoisotopic (exact) mass is 244 g/mol. The van der Waals surface area contributed by atoms with Gasteiger partial charge in [0.2, 0.25) is 11.8 Å². The number of nitrogens with zero attached hydrogens (tertiary/aromatic N) is 1. The molecule has 0 spiro atoms. The highest BCUT2D eigenvalue weighted by Crippen LogP contribution is 2.28. The van der Waals surface area contributed by atoms with Crippen molar-refractivity contribution in [1.29, 1.82) is 0 Å². The molecule has 2 aliphatic heterocycles. The highest BCUT2D eigenvalue weighted by Gasteiger charge is 2.48. The van der Waals surface area contributed by atoms with Gasteiger partial charge in [-0.05, 0) is 24.9 Å². The van der Waals surface area contributed by atoms with Gasteiger partial charge in [-0.2, -0.15) is 0 Å². The third kappa shape index (κ3) is 1.82. The van der Waals surface area contributed by atoms with Crippen LogP contribution in [-0.4, -0.2) is 29.3 Å². The molecule has 94 valence electrons. The predicted octanol–water partition coefficient (Wildman–Crippen LogP) is 0.924. The Kier molecular flexibility index (Phi) is 2.88. The van der Waals surface area contributed by atoms with Crippen LogP contribution >= 0.6 is 0 Å². The second-order valence-corrected chi connectivity index (χ2v) is 4.93. The van der Waals surface area contributed by atoms with E-state index in [1.807, 2.05) is 30.3 Å². The largest absolute Gasteiger partial charge is 0.305 e. The number of fused-ring (bicyclic) bond motifs is 1.